The van der Waals surface area contributed by atoms with Crippen molar-refractivity contribution >= 4 is 33.1 Å². The van der Waals surface area contributed by atoms with E-state index in [1.807, 2.05) is 4.72 Å². The molecule has 2 aromatic rings. The predicted molar refractivity (Wildman–Crippen MR) is 82.5 cm³/mol. The molecule has 2 heterocycles. The molecular weight excluding hydrogens is 326 g/mol. The summed E-state index contributed by atoms with van der Waals surface area (Å²) in [6.45, 7) is 1.70. The summed E-state index contributed by atoms with van der Waals surface area (Å²) in [5, 5.41) is 0.0268. The third-order valence-corrected chi connectivity index (χ3v) is 4.18. The van der Waals surface area contributed by atoms with Gasteiger partial charge >= 0.3 is 0 Å². The highest BCUT2D eigenvalue weighted by Crippen LogP contribution is 2.13. The Kier molecular flexibility index (Phi) is 4.89. The van der Waals surface area contributed by atoms with Gasteiger partial charge in [-0.1, -0.05) is 11.6 Å². The molecule has 0 aromatic carbocycles. The number of hydrogen-bond donors (Lipinski definition) is 1. The molecule has 6 nitrogen and oxygen atoms in total. The first-order valence-corrected chi connectivity index (χ1v) is 8.01. The summed E-state index contributed by atoms with van der Waals surface area (Å²) >= 11 is 5.64. The lowest BCUT2D eigenvalue weighted by molar-refractivity contribution is -0.114. The van der Waals surface area contributed by atoms with Gasteiger partial charge < -0.3 is 0 Å². The summed E-state index contributed by atoms with van der Waals surface area (Å²) in [4.78, 5) is 19.4. The van der Waals surface area contributed by atoms with Crippen molar-refractivity contribution in [3.8, 4) is 0 Å². The van der Waals surface area contributed by atoms with Crippen LogP contribution in [0.4, 0.5) is 0 Å². The highest BCUT2D eigenvalue weighted by Gasteiger charge is 2.18. The molecule has 0 unspecified atom stereocenters. The number of amides is 1. The molecule has 1 amide bonds. The average Bonchev–Trinajstić information content (AvgIpc) is 2.48. The Morgan fingerprint density at radius 3 is 2.50 bits per heavy atom. The molecular formula is C14H12ClN3O3S. The van der Waals surface area contributed by atoms with E-state index in [2.05, 4.69) is 9.97 Å². The first kappa shape index (κ1) is 16.1. The van der Waals surface area contributed by atoms with Crippen molar-refractivity contribution in [2.45, 2.75) is 11.9 Å². The van der Waals surface area contributed by atoms with Gasteiger partial charge in [-0.05, 0) is 42.3 Å². The summed E-state index contributed by atoms with van der Waals surface area (Å²) in [5.41, 5.74) is 1.38. The van der Waals surface area contributed by atoms with E-state index < -0.39 is 15.9 Å². The quantitative estimate of drug-likeness (QED) is 0.862. The highest BCUT2D eigenvalue weighted by molar-refractivity contribution is 7.90. The topological polar surface area (TPSA) is 89.0 Å². The van der Waals surface area contributed by atoms with Crippen molar-refractivity contribution in [3.63, 3.8) is 0 Å². The number of allylic oxidation sites excluding steroid dienone is 1. The number of aromatic nitrogens is 2. The fourth-order valence-corrected chi connectivity index (χ4v) is 2.61. The average molecular weight is 338 g/mol. The predicted octanol–water partition coefficient (Wildman–Crippen LogP) is 2.04. The van der Waals surface area contributed by atoms with Gasteiger partial charge in [0, 0.05) is 24.7 Å². The second kappa shape index (κ2) is 6.67. The lowest BCUT2D eigenvalue weighted by Crippen LogP contribution is -2.29. The van der Waals surface area contributed by atoms with Crippen molar-refractivity contribution in [1.82, 2.24) is 14.7 Å². The number of sulfonamides is 1. The molecule has 2 aromatic heterocycles. The lowest BCUT2D eigenvalue weighted by atomic mass is 10.1. The van der Waals surface area contributed by atoms with E-state index >= 15 is 0 Å². The van der Waals surface area contributed by atoms with Gasteiger partial charge in [-0.3, -0.25) is 9.78 Å². The number of carbonyl (C=O) groups is 1. The van der Waals surface area contributed by atoms with Gasteiger partial charge in [-0.2, -0.15) is 8.42 Å². The third kappa shape index (κ3) is 4.12. The van der Waals surface area contributed by atoms with Crippen LogP contribution in [-0.2, 0) is 14.8 Å². The Labute approximate surface area is 132 Å². The van der Waals surface area contributed by atoms with Crippen LogP contribution in [0, 0.1) is 0 Å². The van der Waals surface area contributed by atoms with Crippen LogP contribution in [0.25, 0.3) is 5.57 Å². The summed E-state index contributed by atoms with van der Waals surface area (Å²) in [5.74, 6) is -0.758. The summed E-state index contributed by atoms with van der Waals surface area (Å²) in [6, 6.07) is 6.03. The lowest BCUT2D eigenvalue weighted by Gasteiger charge is -2.05. The van der Waals surface area contributed by atoms with Crippen LogP contribution in [-0.4, -0.2) is 24.3 Å². The van der Waals surface area contributed by atoms with Crippen molar-refractivity contribution < 1.29 is 13.2 Å². The number of nitrogens with zero attached hydrogens (tertiary/aromatic N) is 2. The van der Waals surface area contributed by atoms with E-state index in [0.29, 0.717) is 10.6 Å². The summed E-state index contributed by atoms with van der Waals surface area (Å²) in [7, 11) is -4.03. The smallest absolute Gasteiger partial charge is 0.269 e. The molecule has 0 spiro atoms. The van der Waals surface area contributed by atoms with E-state index in [9.17, 15) is 13.2 Å². The first-order chi connectivity index (χ1) is 10.4. The maximum atomic E-state index is 12.0. The SMILES string of the molecule is CC(=CC(=O)NS(=O)(=O)c1ccc(Cl)cn1)c1ccncc1. The van der Waals surface area contributed by atoms with Crippen LogP contribution in [0.5, 0.6) is 0 Å². The van der Waals surface area contributed by atoms with Crippen molar-refractivity contribution in [1.29, 1.82) is 0 Å². The molecule has 0 radical (unpaired) electrons. The van der Waals surface area contributed by atoms with Gasteiger partial charge in [-0.25, -0.2) is 9.71 Å². The maximum Gasteiger partial charge on any atom is 0.281 e. The molecule has 0 aliphatic rings. The molecule has 0 saturated heterocycles. The molecule has 0 saturated carbocycles. The van der Waals surface area contributed by atoms with E-state index in [0.717, 1.165) is 5.56 Å². The number of rotatable bonds is 4. The standard InChI is InChI=1S/C14H12ClN3O3S/c1-10(11-4-6-16-7-5-11)8-13(19)18-22(20,21)14-3-2-12(15)9-17-14/h2-9H,1H3,(H,18,19). The zero-order valence-corrected chi connectivity index (χ0v) is 13.1. The number of pyridine rings is 2. The Morgan fingerprint density at radius 2 is 1.91 bits per heavy atom. The minimum atomic E-state index is -4.03. The molecule has 0 aliphatic carbocycles. The van der Waals surface area contributed by atoms with Gasteiger partial charge in [0.25, 0.3) is 15.9 Å². The van der Waals surface area contributed by atoms with Gasteiger partial charge in [0.15, 0.2) is 5.03 Å². The minimum absolute atomic E-state index is 0.278. The van der Waals surface area contributed by atoms with Gasteiger partial charge in [0.1, 0.15) is 0 Å². The summed E-state index contributed by atoms with van der Waals surface area (Å²) in [6.07, 6.45) is 5.55. The number of hydrogen-bond acceptors (Lipinski definition) is 5. The zero-order chi connectivity index (χ0) is 16.2. The minimum Gasteiger partial charge on any atom is -0.269 e. The molecule has 0 bridgehead atoms. The van der Waals surface area contributed by atoms with E-state index in [1.165, 1.54) is 24.4 Å². The Hall–Kier alpha value is -2.25. The molecule has 0 fully saturated rings. The molecule has 0 atom stereocenters. The van der Waals surface area contributed by atoms with Gasteiger partial charge in [0.05, 0.1) is 5.02 Å². The number of carbonyl (C=O) groups excluding carboxylic acids is 1. The van der Waals surface area contributed by atoms with Crippen molar-refractivity contribution in [2.24, 2.45) is 0 Å². The van der Waals surface area contributed by atoms with E-state index in [1.54, 1.807) is 31.5 Å². The monoisotopic (exact) mass is 337 g/mol. The fourth-order valence-electron chi connectivity index (χ4n) is 1.63. The Morgan fingerprint density at radius 1 is 1.23 bits per heavy atom. The molecule has 1 N–H and O–H groups in total. The van der Waals surface area contributed by atoms with Crippen LogP contribution in [0.3, 0.4) is 0 Å². The van der Waals surface area contributed by atoms with Gasteiger partial charge in [0.2, 0.25) is 0 Å². The van der Waals surface area contributed by atoms with Crippen LogP contribution in [0.2, 0.25) is 5.02 Å². The van der Waals surface area contributed by atoms with E-state index in [-0.39, 0.29) is 5.03 Å². The highest BCUT2D eigenvalue weighted by atomic mass is 35.5. The fraction of sp³-hybridized carbons (Fsp3) is 0.0714. The number of halogens is 1. The molecule has 114 valence electrons. The van der Waals surface area contributed by atoms with Gasteiger partial charge in [-0.15, -0.1) is 0 Å². The largest absolute Gasteiger partial charge is 0.281 e. The van der Waals surface area contributed by atoms with E-state index in [4.69, 9.17) is 11.6 Å². The van der Waals surface area contributed by atoms with Crippen molar-refractivity contribution in [2.75, 3.05) is 0 Å². The van der Waals surface area contributed by atoms with Crippen LogP contribution < -0.4 is 4.72 Å². The Bertz CT molecular complexity index is 803. The zero-order valence-electron chi connectivity index (χ0n) is 11.5. The van der Waals surface area contributed by atoms with Crippen LogP contribution in [0.1, 0.15) is 12.5 Å². The third-order valence-electron chi connectivity index (χ3n) is 2.69. The molecule has 22 heavy (non-hydrogen) atoms. The first-order valence-electron chi connectivity index (χ1n) is 6.15. The Balaban J connectivity index is 2.16. The summed E-state index contributed by atoms with van der Waals surface area (Å²) < 4.78 is 25.9. The molecule has 0 aliphatic heterocycles. The van der Waals surface area contributed by atoms with Crippen molar-refractivity contribution in [3.05, 3.63) is 59.5 Å². The number of nitrogens with one attached hydrogen (secondary N) is 1. The normalized spacial score (nSPS) is 12.0. The van der Waals surface area contributed by atoms with Crippen LogP contribution >= 0.6 is 11.6 Å². The second-order valence-corrected chi connectivity index (χ2v) is 6.41. The second-order valence-electron chi connectivity index (χ2n) is 4.35. The molecule has 8 heteroatoms. The maximum absolute atomic E-state index is 12.0. The van der Waals surface area contributed by atoms with Crippen LogP contribution in [0.15, 0.2) is 54.0 Å². The molecule has 2 rings (SSSR count).